The van der Waals surface area contributed by atoms with Crippen LogP contribution in [0.15, 0.2) is 35.6 Å². The molecular formula is C16H16F6N6OS. The van der Waals surface area contributed by atoms with E-state index in [2.05, 4.69) is 15.0 Å². The van der Waals surface area contributed by atoms with E-state index >= 15 is 0 Å². The Bertz CT molecular complexity index is 839. The molecule has 0 radical (unpaired) electrons. The quantitative estimate of drug-likeness (QED) is 0.538. The fraction of sp³-hybridized carbons (Fsp3) is 0.438. The molecule has 0 unspecified atom stereocenters. The van der Waals surface area contributed by atoms with E-state index in [0.717, 1.165) is 4.90 Å². The number of nitrogens with two attached hydrogens (primary N) is 1. The van der Waals surface area contributed by atoms with Crippen molar-refractivity contribution in [3.8, 4) is 0 Å². The Labute approximate surface area is 171 Å². The highest BCUT2D eigenvalue weighted by atomic mass is 32.2. The summed E-state index contributed by atoms with van der Waals surface area (Å²) in [4.78, 5) is 13.7. The van der Waals surface area contributed by atoms with Gasteiger partial charge in [-0.15, -0.1) is 0 Å². The summed E-state index contributed by atoms with van der Waals surface area (Å²) in [5.74, 6) is 0.372. The third-order valence-electron chi connectivity index (χ3n) is 4.39. The summed E-state index contributed by atoms with van der Waals surface area (Å²) >= 11 is 1.45. The van der Waals surface area contributed by atoms with Crippen molar-refractivity contribution in [2.75, 3.05) is 36.8 Å². The van der Waals surface area contributed by atoms with E-state index in [4.69, 9.17) is 5.73 Å². The van der Waals surface area contributed by atoms with Crippen LogP contribution in [0.1, 0.15) is 5.56 Å². The van der Waals surface area contributed by atoms with Crippen molar-refractivity contribution in [3.63, 3.8) is 0 Å². The lowest BCUT2D eigenvalue weighted by Crippen LogP contribution is -2.54. The molecule has 7 nitrogen and oxygen atoms in total. The van der Waals surface area contributed by atoms with Gasteiger partial charge < -0.3 is 15.7 Å². The molecule has 2 aromatic heterocycles. The number of piperazine rings is 1. The summed E-state index contributed by atoms with van der Waals surface area (Å²) in [7, 11) is 0. The first-order valence-electron chi connectivity index (χ1n) is 8.49. The van der Waals surface area contributed by atoms with Gasteiger partial charge in [-0.3, -0.25) is 0 Å². The molecule has 0 bridgehead atoms. The van der Waals surface area contributed by atoms with Crippen LogP contribution < -0.4 is 10.6 Å². The Morgan fingerprint density at radius 1 is 0.867 bits per heavy atom. The molecule has 2 aromatic rings. The van der Waals surface area contributed by atoms with Crippen molar-refractivity contribution in [1.29, 1.82) is 0 Å². The SMILES string of the molecule is Nc1ccc(SN2CCN(c3ncc(C(O)(C(F)(F)F)C(F)(F)F)cn3)CC2)cn1. The highest BCUT2D eigenvalue weighted by Crippen LogP contribution is 2.49. The number of pyridine rings is 1. The van der Waals surface area contributed by atoms with Crippen LogP contribution in [0.4, 0.5) is 38.1 Å². The van der Waals surface area contributed by atoms with Gasteiger partial charge in [0.1, 0.15) is 5.82 Å². The number of nitrogen functional groups attached to an aromatic ring is 1. The second kappa shape index (κ2) is 8.07. The molecule has 0 atom stereocenters. The molecular weight excluding hydrogens is 438 g/mol. The lowest BCUT2D eigenvalue weighted by molar-refractivity contribution is -0.376. The summed E-state index contributed by atoms with van der Waals surface area (Å²) in [5.41, 5.74) is -0.998. The Hall–Kier alpha value is -2.32. The lowest BCUT2D eigenvalue weighted by atomic mass is 9.95. The maximum Gasteiger partial charge on any atom is 0.430 e. The van der Waals surface area contributed by atoms with Crippen molar-refractivity contribution in [1.82, 2.24) is 19.3 Å². The summed E-state index contributed by atoms with van der Waals surface area (Å²) in [6, 6.07) is 3.47. The average Bonchev–Trinajstić information content (AvgIpc) is 2.68. The number of alkyl halides is 6. The minimum atomic E-state index is -5.98. The molecule has 1 aliphatic rings. The molecule has 1 aliphatic heterocycles. The third-order valence-corrected chi connectivity index (χ3v) is 5.47. The number of hydrogen-bond donors (Lipinski definition) is 2. The molecule has 30 heavy (non-hydrogen) atoms. The molecule has 1 fully saturated rings. The monoisotopic (exact) mass is 454 g/mol. The van der Waals surface area contributed by atoms with Gasteiger partial charge in [-0.25, -0.2) is 19.3 Å². The molecule has 0 saturated carbocycles. The van der Waals surface area contributed by atoms with Crippen LogP contribution in [0.25, 0.3) is 0 Å². The Balaban J connectivity index is 1.67. The number of rotatable bonds is 4. The topological polar surface area (TPSA) is 91.4 Å². The molecule has 1 saturated heterocycles. The molecule has 3 N–H and O–H groups in total. The second-order valence-corrected chi connectivity index (χ2v) is 7.57. The number of aliphatic hydroxyl groups is 1. The zero-order valence-corrected chi connectivity index (χ0v) is 16.0. The molecule has 0 amide bonds. The Morgan fingerprint density at radius 3 is 1.90 bits per heavy atom. The van der Waals surface area contributed by atoms with Crippen LogP contribution in [0.3, 0.4) is 0 Å². The third kappa shape index (κ3) is 4.39. The number of hydrogen-bond acceptors (Lipinski definition) is 8. The molecule has 0 aromatic carbocycles. The summed E-state index contributed by atoms with van der Waals surface area (Å²) in [6.45, 7) is 1.87. The highest BCUT2D eigenvalue weighted by molar-refractivity contribution is 7.97. The van der Waals surface area contributed by atoms with Crippen LogP contribution in [-0.4, -0.2) is 62.9 Å². The van der Waals surface area contributed by atoms with Crippen molar-refractivity contribution in [3.05, 3.63) is 36.3 Å². The van der Waals surface area contributed by atoms with E-state index < -0.39 is 23.5 Å². The predicted octanol–water partition coefficient (Wildman–Crippen LogP) is 2.60. The first-order chi connectivity index (χ1) is 13.9. The highest BCUT2D eigenvalue weighted by Gasteiger charge is 2.71. The Kier molecular flexibility index (Phi) is 6.02. The molecule has 0 spiro atoms. The molecule has 164 valence electrons. The number of aromatic nitrogens is 3. The van der Waals surface area contributed by atoms with Crippen LogP contribution in [0.2, 0.25) is 0 Å². The van der Waals surface area contributed by atoms with Gasteiger partial charge >= 0.3 is 12.4 Å². The van der Waals surface area contributed by atoms with Crippen LogP contribution >= 0.6 is 11.9 Å². The van der Waals surface area contributed by atoms with Crippen LogP contribution in [0.5, 0.6) is 0 Å². The van der Waals surface area contributed by atoms with Crippen LogP contribution in [0, 0.1) is 0 Å². The zero-order chi connectivity index (χ0) is 22.2. The smallest absolute Gasteiger partial charge is 0.384 e. The Morgan fingerprint density at radius 2 is 1.43 bits per heavy atom. The zero-order valence-electron chi connectivity index (χ0n) is 15.2. The van der Waals surface area contributed by atoms with Gasteiger partial charge in [0, 0.05) is 55.2 Å². The lowest BCUT2D eigenvalue weighted by Gasteiger charge is -2.34. The summed E-state index contributed by atoms with van der Waals surface area (Å²) in [5, 5.41) is 9.38. The molecule has 0 aliphatic carbocycles. The van der Waals surface area contributed by atoms with Crippen molar-refractivity contribution >= 4 is 23.7 Å². The number of halogens is 6. The van der Waals surface area contributed by atoms with Crippen LogP contribution in [-0.2, 0) is 5.60 Å². The summed E-state index contributed by atoms with van der Waals surface area (Å²) in [6.07, 6.45) is -9.63. The molecule has 3 rings (SSSR count). The van der Waals surface area contributed by atoms with E-state index in [1.54, 1.807) is 17.2 Å². The average molecular weight is 454 g/mol. The van der Waals surface area contributed by atoms with Crippen molar-refractivity contribution in [2.45, 2.75) is 22.8 Å². The standard InChI is InChI=1S/C16H16F6N6OS/c17-15(18,19)14(29,16(20,21)22)10-7-25-13(26-8-10)27-3-5-28(6-4-27)30-11-1-2-12(23)24-9-11/h1-2,7-9,29H,3-6H2,(H2,23,24). The van der Waals surface area contributed by atoms with E-state index in [0.29, 0.717) is 44.4 Å². The van der Waals surface area contributed by atoms with Gasteiger partial charge in [0.25, 0.3) is 5.60 Å². The van der Waals surface area contributed by atoms with Gasteiger partial charge in [0.15, 0.2) is 0 Å². The first-order valence-corrected chi connectivity index (χ1v) is 9.27. The fourth-order valence-electron chi connectivity index (χ4n) is 2.73. The van der Waals surface area contributed by atoms with Crippen molar-refractivity contribution < 1.29 is 31.4 Å². The van der Waals surface area contributed by atoms with Gasteiger partial charge in [0.05, 0.1) is 0 Å². The second-order valence-electron chi connectivity index (χ2n) is 6.40. The van der Waals surface area contributed by atoms with Gasteiger partial charge in [-0.2, -0.15) is 26.3 Å². The van der Waals surface area contributed by atoms with E-state index in [-0.39, 0.29) is 5.95 Å². The van der Waals surface area contributed by atoms with Gasteiger partial charge in [-0.1, -0.05) is 0 Å². The number of anilines is 2. The van der Waals surface area contributed by atoms with Gasteiger partial charge in [-0.05, 0) is 24.1 Å². The van der Waals surface area contributed by atoms with E-state index in [1.165, 1.54) is 11.9 Å². The maximum absolute atomic E-state index is 12.9. The first kappa shape index (κ1) is 22.4. The minimum absolute atomic E-state index is 0.0238. The fourth-order valence-corrected chi connectivity index (χ4v) is 3.61. The molecule has 14 heteroatoms. The number of nitrogens with zero attached hydrogens (tertiary/aromatic N) is 5. The van der Waals surface area contributed by atoms with Crippen molar-refractivity contribution in [2.24, 2.45) is 0 Å². The molecule has 3 heterocycles. The minimum Gasteiger partial charge on any atom is -0.384 e. The normalized spacial score (nSPS) is 16.7. The predicted molar refractivity (Wildman–Crippen MR) is 96.3 cm³/mol. The van der Waals surface area contributed by atoms with E-state index in [1.807, 2.05) is 10.4 Å². The van der Waals surface area contributed by atoms with Gasteiger partial charge in [0.2, 0.25) is 5.95 Å². The maximum atomic E-state index is 12.9. The summed E-state index contributed by atoms with van der Waals surface area (Å²) < 4.78 is 79.6. The largest absolute Gasteiger partial charge is 0.430 e. The van der Waals surface area contributed by atoms with E-state index in [9.17, 15) is 31.4 Å².